The second-order valence-electron chi connectivity index (χ2n) is 4.64. The van der Waals surface area contributed by atoms with Gasteiger partial charge in [-0.05, 0) is 26.8 Å². The normalized spacial score (nSPS) is 10.9. The number of terminal acetylenes is 1. The van der Waals surface area contributed by atoms with E-state index in [4.69, 9.17) is 29.6 Å². The number of rotatable bonds is 2. The molecule has 4 nitrogen and oxygen atoms in total. The van der Waals surface area contributed by atoms with Gasteiger partial charge in [-0.1, -0.05) is 29.1 Å². The molecule has 1 rings (SSSR count). The molecule has 1 aromatic heterocycles. The zero-order valence-electron chi connectivity index (χ0n) is 10.4. The number of carbonyl (C=O) groups excluding carboxylic acids is 1. The van der Waals surface area contributed by atoms with E-state index in [2.05, 4.69) is 16.1 Å². The van der Waals surface area contributed by atoms with E-state index in [-0.39, 0.29) is 28.3 Å². The van der Waals surface area contributed by atoms with Crippen molar-refractivity contribution in [2.75, 3.05) is 6.54 Å². The largest absolute Gasteiger partial charge is 0.323 e. The highest BCUT2D eigenvalue weighted by molar-refractivity contribution is 6.34. The third-order valence-electron chi connectivity index (χ3n) is 2.25. The summed E-state index contributed by atoms with van der Waals surface area (Å²) in [7, 11) is 0. The second-order valence-corrected chi connectivity index (χ2v) is 5.38. The topological polar surface area (TPSA) is 46.1 Å². The van der Waals surface area contributed by atoms with Crippen LogP contribution in [0.5, 0.6) is 0 Å². The standard InChI is InChI=1S/C12H13Cl2N3O/c1-5-6-17(12(2,3)4)11(18)8-7-9(13)15-16-10(8)14/h1,7H,6H2,2-4H3. The first-order valence-electron chi connectivity index (χ1n) is 5.21. The van der Waals surface area contributed by atoms with Crippen LogP contribution in [-0.4, -0.2) is 33.1 Å². The monoisotopic (exact) mass is 285 g/mol. The van der Waals surface area contributed by atoms with Crippen LogP contribution in [0.25, 0.3) is 0 Å². The predicted molar refractivity (Wildman–Crippen MR) is 71.7 cm³/mol. The highest BCUT2D eigenvalue weighted by Crippen LogP contribution is 2.22. The zero-order chi connectivity index (χ0) is 13.9. The smallest absolute Gasteiger partial charge is 0.258 e. The Hall–Kier alpha value is -1.31. The van der Waals surface area contributed by atoms with Crippen LogP contribution in [0.1, 0.15) is 31.1 Å². The molecule has 0 aliphatic rings. The van der Waals surface area contributed by atoms with Crippen molar-refractivity contribution in [3.63, 3.8) is 0 Å². The minimum atomic E-state index is -0.428. The highest BCUT2D eigenvalue weighted by atomic mass is 35.5. The number of nitrogens with zero attached hydrogens (tertiary/aromatic N) is 3. The number of hydrogen-bond acceptors (Lipinski definition) is 3. The minimum absolute atomic E-state index is 0.00988. The van der Waals surface area contributed by atoms with Gasteiger partial charge in [-0.2, -0.15) is 0 Å². The predicted octanol–water partition coefficient (Wildman–Crippen LogP) is 2.66. The average Bonchev–Trinajstić information content (AvgIpc) is 2.27. The Balaban J connectivity index is 3.19. The third-order valence-corrected chi connectivity index (χ3v) is 2.72. The average molecular weight is 286 g/mol. The summed E-state index contributed by atoms with van der Waals surface area (Å²) in [6.07, 6.45) is 5.28. The molecule has 1 amide bonds. The van der Waals surface area contributed by atoms with Gasteiger partial charge in [0.15, 0.2) is 10.3 Å². The number of carbonyl (C=O) groups is 1. The van der Waals surface area contributed by atoms with Crippen molar-refractivity contribution < 1.29 is 4.79 Å². The fourth-order valence-electron chi connectivity index (χ4n) is 1.35. The van der Waals surface area contributed by atoms with E-state index in [1.807, 2.05) is 20.8 Å². The molecule has 0 N–H and O–H groups in total. The molecule has 0 unspecified atom stereocenters. The maximum absolute atomic E-state index is 12.4. The molecule has 1 heterocycles. The Morgan fingerprint density at radius 1 is 1.44 bits per heavy atom. The van der Waals surface area contributed by atoms with Crippen LogP contribution in [0.15, 0.2) is 6.07 Å². The maximum atomic E-state index is 12.4. The Morgan fingerprint density at radius 2 is 2.06 bits per heavy atom. The molecule has 0 bridgehead atoms. The van der Waals surface area contributed by atoms with Gasteiger partial charge in [0.05, 0.1) is 12.1 Å². The SMILES string of the molecule is C#CCN(C(=O)c1cc(Cl)nnc1Cl)C(C)(C)C. The van der Waals surface area contributed by atoms with Crippen molar-refractivity contribution in [1.82, 2.24) is 15.1 Å². The van der Waals surface area contributed by atoms with Crippen LogP contribution in [0, 0.1) is 12.3 Å². The minimum Gasteiger partial charge on any atom is -0.323 e. The molecular formula is C12H13Cl2N3O. The summed E-state index contributed by atoms with van der Waals surface area (Å²) >= 11 is 11.6. The first-order valence-corrected chi connectivity index (χ1v) is 5.97. The molecule has 96 valence electrons. The molecule has 0 aromatic carbocycles. The van der Waals surface area contributed by atoms with Crippen LogP contribution >= 0.6 is 23.2 Å². The van der Waals surface area contributed by atoms with Crippen LogP contribution < -0.4 is 0 Å². The van der Waals surface area contributed by atoms with Crippen molar-refractivity contribution >= 4 is 29.1 Å². The van der Waals surface area contributed by atoms with Crippen molar-refractivity contribution in [2.24, 2.45) is 0 Å². The Labute approximate surface area is 116 Å². The number of halogens is 2. The van der Waals surface area contributed by atoms with Gasteiger partial charge in [0.1, 0.15) is 0 Å². The Morgan fingerprint density at radius 3 is 2.56 bits per heavy atom. The lowest BCUT2D eigenvalue weighted by molar-refractivity contribution is 0.0621. The lowest BCUT2D eigenvalue weighted by Crippen LogP contribution is -2.46. The van der Waals surface area contributed by atoms with Gasteiger partial charge in [0.2, 0.25) is 0 Å². The van der Waals surface area contributed by atoms with Crippen molar-refractivity contribution in [2.45, 2.75) is 26.3 Å². The van der Waals surface area contributed by atoms with E-state index >= 15 is 0 Å². The van der Waals surface area contributed by atoms with Crippen LogP contribution in [0.2, 0.25) is 10.3 Å². The summed E-state index contributed by atoms with van der Waals surface area (Å²) in [4.78, 5) is 13.9. The number of aromatic nitrogens is 2. The van der Waals surface area contributed by atoms with Gasteiger partial charge >= 0.3 is 0 Å². The maximum Gasteiger partial charge on any atom is 0.258 e. The summed E-state index contributed by atoms with van der Waals surface area (Å²) < 4.78 is 0. The summed E-state index contributed by atoms with van der Waals surface area (Å²) in [6.45, 7) is 5.82. The Kier molecular flexibility index (Phi) is 4.55. The van der Waals surface area contributed by atoms with E-state index in [1.165, 1.54) is 11.0 Å². The highest BCUT2D eigenvalue weighted by Gasteiger charge is 2.28. The van der Waals surface area contributed by atoms with Crippen molar-refractivity contribution in [1.29, 1.82) is 0 Å². The van der Waals surface area contributed by atoms with Crippen molar-refractivity contribution in [3.05, 3.63) is 21.9 Å². The van der Waals surface area contributed by atoms with E-state index < -0.39 is 5.54 Å². The van der Waals surface area contributed by atoms with Gasteiger partial charge < -0.3 is 4.90 Å². The summed E-state index contributed by atoms with van der Waals surface area (Å²) in [6, 6.07) is 1.38. The molecule has 0 radical (unpaired) electrons. The molecular weight excluding hydrogens is 273 g/mol. The van der Waals surface area contributed by atoms with Gasteiger partial charge in [-0.3, -0.25) is 4.79 Å². The lowest BCUT2D eigenvalue weighted by Gasteiger charge is -2.34. The van der Waals surface area contributed by atoms with Crippen LogP contribution in [0.3, 0.4) is 0 Å². The molecule has 18 heavy (non-hydrogen) atoms. The molecule has 0 saturated heterocycles. The van der Waals surface area contributed by atoms with E-state index in [9.17, 15) is 4.79 Å². The first kappa shape index (κ1) is 14.7. The third kappa shape index (κ3) is 3.34. The van der Waals surface area contributed by atoms with Crippen LogP contribution in [-0.2, 0) is 0 Å². The molecule has 0 fully saturated rings. The van der Waals surface area contributed by atoms with E-state index in [1.54, 1.807) is 0 Å². The molecule has 0 aliphatic carbocycles. The van der Waals surface area contributed by atoms with Gasteiger partial charge in [-0.25, -0.2) is 0 Å². The second kappa shape index (κ2) is 5.55. The van der Waals surface area contributed by atoms with E-state index in [0.717, 1.165) is 0 Å². The molecule has 0 atom stereocenters. The summed E-state index contributed by atoms with van der Waals surface area (Å²) in [5.41, 5.74) is -0.232. The van der Waals surface area contributed by atoms with Gasteiger partial charge in [0, 0.05) is 5.54 Å². The summed E-state index contributed by atoms with van der Waals surface area (Å²) in [5.74, 6) is 2.13. The number of amides is 1. The molecule has 6 heteroatoms. The van der Waals surface area contributed by atoms with Crippen LogP contribution in [0.4, 0.5) is 0 Å². The van der Waals surface area contributed by atoms with Crippen molar-refractivity contribution in [3.8, 4) is 12.3 Å². The fourth-order valence-corrected chi connectivity index (χ4v) is 1.67. The molecule has 0 aliphatic heterocycles. The van der Waals surface area contributed by atoms with E-state index in [0.29, 0.717) is 0 Å². The molecule has 0 spiro atoms. The molecule has 0 saturated carbocycles. The lowest BCUT2D eigenvalue weighted by atomic mass is 10.0. The number of hydrogen-bond donors (Lipinski definition) is 0. The quantitative estimate of drug-likeness (QED) is 0.785. The Bertz CT molecular complexity index is 503. The zero-order valence-corrected chi connectivity index (χ0v) is 11.9. The summed E-state index contributed by atoms with van der Waals surface area (Å²) in [5, 5.41) is 7.29. The fraction of sp³-hybridized carbons (Fsp3) is 0.417. The molecule has 1 aromatic rings. The van der Waals surface area contributed by atoms with Gasteiger partial charge in [0.25, 0.3) is 5.91 Å². The van der Waals surface area contributed by atoms with Gasteiger partial charge in [-0.15, -0.1) is 16.6 Å². The first-order chi connectivity index (χ1) is 8.27.